The van der Waals surface area contributed by atoms with E-state index < -0.39 is 0 Å². The molecule has 0 aromatic rings. The van der Waals surface area contributed by atoms with E-state index in [-0.39, 0.29) is 0 Å². The Kier molecular flexibility index (Phi) is 0.916. The molecule has 0 bridgehead atoms. The summed E-state index contributed by atoms with van der Waals surface area (Å²) in [6.07, 6.45) is 7.11. The van der Waals surface area contributed by atoms with Crippen molar-refractivity contribution in [2.45, 2.75) is 18.2 Å². The van der Waals surface area contributed by atoms with Gasteiger partial charge in [-0.25, -0.2) is 0 Å². The van der Waals surface area contributed by atoms with Gasteiger partial charge in [0.25, 0.3) is 0 Å². The van der Waals surface area contributed by atoms with Gasteiger partial charge < -0.3 is 0 Å². The fourth-order valence-corrected chi connectivity index (χ4v) is 1.98. The molecule has 0 heterocycles. The number of hydrogen-bond donors (Lipinski definition) is 0. The van der Waals surface area contributed by atoms with Crippen LogP contribution in [-0.2, 0) is 0 Å². The quantitative estimate of drug-likeness (QED) is 0.347. The predicted octanol–water partition coefficient (Wildman–Crippen LogP) is 2.19. The minimum atomic E-state index is 0.494. The smallest absolute Gasteiger partial charge is 0.0436 e. The lowest BCUT2D eigenvalue weighted by Crippen LogP contribution is -1.83. The van der Waals surface area contributed by atoms with E-state index in [9.17, 15) is 0 Å². The van der Waals surface area contributed by atoms with E-state index in [0.29, 0.717) is 5.38 Å². The number of fused-ring (bicyclic) bond motifs is 1. The van der Waals surface area contributed by atoms with Gasteiger partial charge in [-0.2, -0.15) is 0 Å². The summed E-state index contributed by atoms with van der Waals surface area (Å²) in [5, 5.41) is 0.494. The van der Waals surface area contributed by atoms with E-state index in [4.69, 9.17) is 11.6 Å². The minimum absolute atomic E-state index is 0.494. The second-order valence-corrected chi connectivity index (χ2v) is 3.20. The van der Waals surface area contributed by atoms with Crippen molar-refractivity contribution in [2.24, 2.45) is 11.8 Å². The zero-order valence-corrected chi connectivity index (χ0v) is 5.43. The van der Waals surface area contributed by atoms with Gasteiger partial charge in [-0.15, -0.1) is 11.6 Å². The lowest BCUT2D eigenvalue weighted by atomic mass is 10.1. The van der Waals surface area contributed by atoms with Crippen molar-refractivity contribution in [3.63, 3.8) is 0 Å². The van der Waals surface area contributed by atoms with Crippen LogP contribution in [0, 0.1) is 11.8 Å². The van der Waals surface area contributed by atoms with Crippen LogP contribution in [-0.4, -0.2) is 5.38 Å². The molecule has 3 atom stereocenters. The first kappa shape index (κ1) is 4.87. The maximum Gasteiger partial charge on any atom is 0.0436 e. The van der Waals surface area contributed by atoms with Gasteiger partial charge in [0.1, 0.15) is 0 Å². The predicted molar refractivity (Wildman–Crippen MR) is 35.0 cm³/mol. The van der Waals surface area contributed by atoms with Crippen molar-refractivity contribution in [3.8, 4) is 0 Å². The van der Waals surface area contributed by atoms with Gasteiger partial charge in [-0.05, 0) is 24.7 Å². The highest BCUT2D eigenvalue weighted by Crippen LogP contribution is 2.50. The molecule has 8 heavy (non-hydrogen) atoms. The van der Waals surface area contributed by atoms with Crippen molar-refractivity contribution < 1.29 is 0 Å². The first-order valence-electron chi connectivity index (χ1n) is 3.20. The zero-order valence-electron chi connectivity index (χ0n) is 4.68. The SMILES string of the molecule is ClC1[C@H]2CCC=C[C@@H]12. The van der Waals surface area contributed by atoms with Crippen LogP contribution < -0.4 is 0 Å². The van der Waals surface area contributed by atoms with E-state index in [1.807, 2.05) is 0 Å². The molecule has 2 rings (SSSR count). The lowest BCUT2D eigenvalue weighted by molar-refractivity contribution is 0.683. The maximum absolute atomic E-state index is 5.91. The van der Waals surface area contributed by atoms with E-state index in [0.717, 1.165) is 11.8 Å². The van der Waals surface area contributed by atoms with Gasteiger partial charge in [0.15, 0.2) is 0 Å². The highest BCUT2D eigenvalue weighted by molar-refractivity contribution is 6.23. The lowest BCUT2D eigenvalue weighted by Gasteiger charge is -1.96. The average molecular weight is 129 g/mol. The minimum Gasteiger partial charge on any atom is -0.122 e. The molecule has 44 valence electrons. The Morgan fingerprint density at radius 2 is 2.38 bits per heavy atom. The Bertz CT molecular complexity index is 128. The topological polar surface area (TPSA) is 0 Å². The van der Waals surface area contributed by atoms with Crippen LogP contribution in [0.5, 0.6) is 0 Å². The summed E-state index contributed by atoms with van der Waals surface area (Å²) in [5.74, 6) is 1.60. The first-order chi connectivity index (χ1) is 3.89. The molecule has 2 aliphatic carbocycles. The van der Waals surface area contributed by atoms with E-state index in [1.54, 1.807) is 0 Å². The Morgan fingerprint density at radius 3 is 2.88 bits per heavy atom. The standard InChI is InChI=1S/C7H9Cl/c8-7-5-3-1-2-4-6(5)7/h1,3,5-7H,2,4H2/t5-,6+,7?/m1/s1. The third-order valence-electron chi connectivity index (χ3n) is 2.16. The maximum atomic E-state index is 5.91. The number of alkyl halides is 1. The molecular formula is C7H9Cl. The second kappa shape index (κ2) is 1.51. The monoisotopic (exact) mass is 128 g/mol. The molecular weight excluding hydrogens is 120 g/mol. The van der Waals surface area contributed by atoms with Gasteiger partial charge in [0, 0.05) is 5.38 Å². The van der Waals surface area contributed by atoms with Gasteiger partial charge in [-0.1, -0.05) is 12.2 Å². The molecule has 1 unspecified atom stereocenters. The Labute approximate surface area is 54.5 Å². The van der Waals surface area contributed by atoms with Crippen molar-refractivity contribution in [3.05, 3.63) is 12.2 Å². The van der Waals surface area contributed by atoms with Gasteiger partial charge in [0.2, 0.25) is 0 Å². The molecule has 0 nitrogen and oxygen atoms in total. The molecule has 0 N–H and O–H groups in total. The highest BCUT2D eigenvalue weighted by atomic mass is 35.5. The largest absolute Gasteiger partial charge is 0.122 e. The van der Waals surface area contributed by atoms with Gasteiger partial charge in [0.05, 0.1) is 0 Å². The van der Waals surface area contributed by atoms with Gasteiger partial charge >= 0.3 is 0 Å². The summed E-state index contributed by atoms with van der Waals surface area (Å²) in [7, 11) is 0. The molecule has 0 radical (unpaired) electrons. The second-order valence-electron chi connectivity index (χ2n) is 2.69. The summed E-state index contributed by atoms with van der Waals surface area (Å²) in [6, 6.07) is 0. The third kappa shape index (κ3) is 0.526. The zero-order chi connectivity index (χ0) is 5.56. The Morgan fingerprint density at radius 1 is 1.50 bits per heavy atom. The van der Waals surface area contributed by atoms with E-state index >= 15 is 0 Å². The molecule has 1 heteroatoms. The van der Waals surface area contributed by atoms with Crippen LogP contribution in [0.15, 0.2) is 12.2 Å². The molecule has 0 aromatic carbocycles. The summed E-state index contributed by atoms with van der Waals surface area (Å²) < 4.78 is 0. The summed E-state index contributed by atoms with van der Waals surface area (Å²) in [5.41, 5.74) is 0. The third-order valence-corrected chi connectivity index (χ3v) is 2.77. The van der Waals surface area contributed by atoms with Crippen LogP contribution in [0.4, 0.5) is 0 Å². The summed E-state index contributed by atoms with van der Waals surface area (Å²) in [4.78, 5) is 0. The molecule has 0 amide bonds. The summed E-state index contributed by atoms with van der Waals surface area (Å²) >= 11 is 5.91. The summed E-state index contributed by atoms with van der Waals surface area (Å²) in [6.45, 7) is 0. The van der Waals surface area contributed by atoms with Crippen LogP contribution in [0.1, 0.15) is 12.8 Å². The molecule has 0 saturated heterocycles. The van der Waals surface area contributed by atoms with E-state index in [1.165, 1.54) is 12.8 Å². The normalized spacial score (nSPS) is 50.9. The van der Waals surface area contributed by atoms with Crippen LogP contribution in [0.2, 0.25) is 0 Å². The molecule has 2 aliphatic rings. The molecule has 0 aliphatic heterocycles. The van der Waals surface area contributed by atoms with Crippen molar-refractivity contribution in [2.75, 3.05) is 0 Å². The van der Waals surface area contributed by atoms with Crippen molar-refractivity contribution >= 4 is 11.6 Å². The number of allylic oxidation sites excluding steroid dienone is 2. The Balaban J connectivity index is 2.12. The van der Waals surface area contributed by atoms with Crippen molar-refractivity contribution in [1.82, 2.24) is 0 Å². The fourth-order valence-electron chi connectivity index (χ4n) is 1.50. The number of hydrogen-bond acceptors (Lipinski definition) is 0. The van der Waals surface area contributed by atoms with Crippen LogP contribution in [0.25, 0.3) is 0 Å². The Hall–Kier alpha value is 0.0300. The molecule has 1 saturated carbocycles. The fraction of sp³-hybridized carbons (Fsp3) is 0.714. The van der Waals surface area contributed by atoms with Crippen LogP contribution >= 0.6 is 11.6 Å². The number of rotatable bonds is 0. The van der Waals surface area contributed by atoms with E-state index in [2.05, 4.69) is 12.2 Å². The van der Waals surface area contributed by atoms with Crippen molar-refractivity contribution in [1.29, 1.82) is 0 Å². The first-order valence-corrected chi connectivity index (χ1v) is 3.64. The van der Waals surface area contributed by atoms with Gasteiger partial charge in [-0.3, -0.25) is 0 Å². The highest BCUT2D eigenvalue weighted by Gasteiger charge is 2.47. The molecule has 0 spiro atoms. The number of halogens is 1. The van der Waals surface area contributed by atoms with Crippen LogP contribution in [0.3, 0.4) is 0 Å². The molecule has 0 aromatic heterocycles. The molecule has 1 fully saturated rings. The average Bonchev–Trinajstić information content (AvgIpc) is 2.46.